The van der Waals surface area contributed by atoms with Gasteiger partial charge in [0.25, 0.3) is 0 Å². The van der Waals surface area contributed by atoms with Gasteiger partial charge in [-0.3, -0.25) is 0 Å². The maximum absolute atomic E-state index is 12.0. The van der Waals surface area contributed by atoms with E-state index in [1.165, 1.54) is 24.3 Å². The molecule has 0 spiro atoms. The third kappa shape index (κ3) is 5.57. The van der Waals surface area contributed by atoms with Gasteiger partial charge in [0, 0.05) is 0 Å². The summed E-state index contributed by atoms with van der Waals surface area (Å²) in [7, 11) is 0. The van der Waals surface area contributed by atoms with E-state index >= 15 is 0 Å². The highest BCUT2D eigenvalue weighted by Crippen LogP contribution is 2.25. The van der Waals surface area contributed by atoms with E-state index in [1.54, 1.807) is 0 Å². The first-order valence-corrected chi connectivity index (χ1v) is 5.76. The quantitative estimate of drug-likeness (QED) is 0.930. The van der Waals surface area contributed by atoms with Crippen LogP contribution < -0.4 is 14.8 Å². The highest BCUT2D eigenvalue weighted by Gasteiger charge is 2.31. The van der Waals surface area contributed by atoms with Crippen LogP contribution >= 0.6 is 12.4 Å². The van der Waals surface area contributed by atoms with Gasteiger partial charge >= 0.3 is 6.36 Å². The smallest absolute Gasteiger partial charge is 0.490 e. The van der Waals surface area contributed by atoms with Crippen LogP contribution in [0.5, 0.6) is 11.5 Å². The molecule has 0 aromatic heterocycles. The highest BCUT2D eigenvalue weighted by molar-refractivity contribution is 5.85. The molecular weight excluding hydrogens is 283 g/mol. The molecule has 1 aliphatic heterocycles. The first-order valence-electron chi connectivity index (χ1n) is 5.76. The van der Waals surface area contributed by atoms with Crippen LogP contribution in [0.4, 0.5) is 13.2 Å². The largest absolute Gasteiger partial charge is 0.573 e. The molecular formula is C12H15ClF3NO2. The van der Waals surface area contributed by atoms with Gasteiger partial charge < -0.3 is 14.8 Å². The first kappa shape index (κ1) is 15.9. The Morgan fingerprint density at radius 3 is 2.05 bits per heavy atom. The fourth-order valence-electron chi connectivity index (χ4n) is 1.83. The van der Waals surface area contributed by atoms with E-state index in [-0.39, 0.29) is 24.3 Å². The summed E-state index contributed by atoms with van der Waals surface area (Å²) >= 11 is 0. The minimum atomic E-state index is -4.66. The third-order valence-corrected chi connectivity index (χ3v) is 2.65. The van der Waals surface area contributed by atoms with Gasteiger partial charge in [-0.1, -0.05) is 0 Å². The van der Waals surface area contributed by atoms with Crippen molar-refractivity contribution in [2.45, 2.75) is 25.3 Å². The summed E-state index contributed by atoms with van der Waals surface area (Å²) in [6.07, 6.45) is -2.72. The Labute approximate surface area is 115 Å². The van der Waals surface area contributed by atoms with E-state index < -0.39 is 6.36 Å². The van der Waals surface area contributed by atoms with Gasteiger partial charge in [0.2, 0.25) is 0 Å². The van der Waals surface area contributed by atoms with Crippen LogP contribution in [0.25, 0.3) is 0 Å². The lowest BCUT2D eigenvalue weighted by atomic mass is 10.1. The standard InChI is InChI=1S/C12H14F3NO2.ClH/c13-12(14,15)18-11-3-1-9(2-4-11)17-10-5-7-16-8-6-10;/h1-4,10,16H,5-8H2;1H. The van der Waals surface area contributed by atoms with Gasteiger partial charge in [-0.05, 0) is 50.2 Å². The molecule has 1 aliphatic rings. The number of halogens is 4. The Hall–Kier alpha value is -1.14. The summed E-state index contributed by atoms with van der Waals surface area (Å²) < 4.78 is 45.3. The van der Waals surface area contributed by atoms with E-state index in [0.29, 0.717) is 5.75 Å². The Balaban J connectivity index is 0.00000180. The maximum atomic E-state index is 12.0. The molecule has 2 rings (SSSR count). The zero-order chi connectivity index (χ0) is 13.0. The lowest BCUT2D eigenvalue weighted by molar-refractivity contribution is -0.274. The van der Waals surface area contributed by atoms with Crippen LogP contribution in [0.15, 0.2) is 24.3 Å². The summed E-state index contributed by atoms with van der Waals surface area (Å²) in [5.41, 5.74) is 0. The Bertz CT molecular complexity index is 378. The van der Waals surface area contributed by atoms with Crippen molar-refractivity contribution in [3.8, 4) is 11.5 Å². The topological polar surface area (TPSA) is 30.5 Å². The zero-order valence-electron chi connectivity index (χ0n) is 10.1. The van der Waals surface area contributed by atoms with Crippen molar-refractivity contribution < 1.29 is 22.6 Å². The Morgan fingerprint density at radius 2 is 1.53 bits per heavy atom. The third-order valence-electron chi connectivity index (χ3n) is 2.65. The number of hydrogen-bond donors (Lipinski definition) is 1. The average Bonchev–Trinajstić information content (AvgIpc) is 2.31. The summed E-state index contributed by atoms with van der Waals surface area (Å²) in [5, 5.41) is 3.21. The fourth-order valence-corrected chi connectivity index (χ4v) is 1.83. The second-order valence-corrected chi connectivity index (χ2v) is 4.09. The van der Waals surface area contributed by atoms with E-state index in [1.807, 2.05) is 0 Å². The molecule has 1 fully saturated rings. The second kappa shape index (κ2) is 6.86. The highest BCUT2D eigenvalue weighted by atomic mass is 35.5. The molecule has 0 atom stereocenters. The molecule has 0 saturated carbocycles. The molecule has 0 unspecified atom stereocenters. The predicted octanol–water partition coefficient (Wildman–Crippen LogP) is 3.14. The van der Waals surface area contributed by atoms with E-state index in [0.717, 1.165) is 25.9 Å². The number of nitrogens with one attached hydrogen (secondary N) is 1. The number of hydrogen-bond acceptors (Lipinski definition) is 3. The van der Waals surface area contributed by atoms with Crippen LogP contribution in [0.1, 0.15) is 12.8 Å². The van der Waals surface area contributed by atoms with Crippen molar-refractivity contribution in [1.29, 1.82) is 0 Å². The average molecular weight is 298 g/mol. The maximum Gasteiger partial charge on any atom is 0.573 e. The van der Waals surface area contributed by atoms with Crippen LogP contribution in [-0.4, -0.2) is 25.6 Å². The number of alkyl halides is 3. The molecule has 19 heavy (non-hydrogen) atoms. The Kier molecular flexibility index (Phi) is 5.75. The fraction of sp³-hybridized carbons (Fsp3) is 0.500. The van der Waals surface area contributed by atoms with Gasteiger partial charge in [-0.25, -0.2) is 0 Å². The summed E-state index contributed by atoms with van der Waals surface area (Å²) in [4.78, 5) is 0. The molecule has 0 radical (unpaired) electrons. The molecule has 0 aliphatic carbocycles. The van der Waals surface area contributed by atoms with Crippen molar-refractivity contribution in [1.82, 2.24) is 5.32 Å². The molecule has 1 N–H and O–H groups in total. The molecule has 3 nitrogen and oxygen atoms in total. The summed E-state index contributed by atoms with van der Waals surface area (Å²) in [6, 6.07) is 5.49. The normalized spacial score (nSPS) is 16.6. The predicted molar refractivity (Wildman–Crippen MR) is 66.9 cm³/mol. The van der Waals surface area contributed by atoms with Crippen LogP contribution in [0.3, 0.4) is 0 Å². The van der Waals surface area contributed by atoms with Crippen molar-refractivity contribution in [3.05, 3.63) is 24.3 Å². The van der Waals surface area contributed by atoms with Crippen molar-refractivity contribution in [2.24, 2.45) is 0 Å². The van der Waals surface area contributed by atoms with E-state index in [9.17, 15) is 13.2 Å². The van der Waals surface area contributed by atoms with Gasteiger partial charge in [-0.15, -0.1) is 25.6 Å². The monoisotopic (exact) mass is 297 g/mol. The van der Waals surface area contributed by atoms with Gasteiger partial charge in [-0.2, -0.15) is 0 Å². The van der Waals surface area contributed by atoms with E-state index in [2.05, 4.69) is 10.1 Å². The van der Waals surface area contributed by atoms with Gasteiger partial charge in [0.15, 0.2) is 0 Å². The van der Waals surface area contributed by atoms with E-state index in [4.69, 9.17) is 4.74 Å². The number of ether oxygens (including phenoxy) is 2. The number of piperidine rings is 1. The minimum Gasteiger partial charge on any atom is -0.490 e. The zero-order valence-corrected chi connectivity index (χ0v) is 10.9. The van der Waals surface area contributed by atoms with Crippen LogP contribution in [0.2, 0.25) is 0 Å². The lowest BCUT2D eigenvalue weighted by Crippen LogP contribution is -2.34. The van der Waals surface area contributed by atoms with Crippen LogP contribution in [-0.2, 0) is 0 Å². The van der Waals surface area contributed by atoms with Crippen molar-refractivity contribution in [2.75, 3.05) is 13.1 Å². The molecule has 0 amide bonds. The van der Waals surface area contributed by atoms with Gasteiger partial charge in [0.1, 0.15) is 17.6 Å². The molecule has 1 aromatic rings. The number of rotatable bonds is 3. The van der Waals surface area contributed by atoms with Crippen molar-refractivity contribution >= 4 is 12.4 Å². The first-order chi connectivity index (χ1) is 8.53. The minimum absolute atomic E-state index is 0. The SMILES string of the molecule is Cl.FC(F)(F)Oc1ccc(OC2CCNCC2)cc1. The molecule has 7 heteroatoms. The Morgan fingerprint density at radius 1 is 1.00 bits per heavy atom. The molecule has 1 aromatic carbocycles. The second-order valence-electron chi connectivity index (χ2n) is 4.09. The van der Waals surface area contributed by atoms with Crippen LogP contribution in [0, 0.1) is 0 Å². The molecule has 1 saturated heterocycles. The molecule has 1 heterocycles. The molecule has 0 bridgehead atoms. The lowest BCUT2D eigenvalue weighted by Gasteiger charge is -2.23. The molecule has 108 valence electrons. The van der Waals surface area contributed by atoms with Gasteiger partial charge in [0.05, 0.1) is 0 Å². The summed E-state index contributed by atoms with van der Waals surface area (Å²) in [5.74, 6) is 0.330. The van der Waals surface area contributed by atoms with Crippen molar-refractivity contribution in [3.63, 3.8) is 0 Å². The number of benzene rings is 1. The summed E-state index contributed by atoms with van der Waals surface area (Å²) in [6.45, 7) is 1.81.